The molecule has 0 aliphatic rings. The van der Waals surface area contributed by atoms with Crippen molar-refractivity contribution in [3.8, 4) is 11.3 Å². The van der Waals surface area contributed by atoms with Gasteiger partial charge in [-0.15, -0.1) is 10.2 Å². The van der Waals surface area contributed by atoms with Gasteiger partial charge in [-0.05, 0) is 44.0 Å². The lowest BCUT2D eigenvalue weighted by molar-refractivity contribution is 1.00. The van der Waals surface area contributed by atoms with Gasteiger partial charge in [-0.1, -0.05) is 0 Å². The summed E-state index contributed by atoms with van der Waals surface area (Å²) < 4.78 is 0. The lowest BCUT2D eigenvalue weighted by atomic mass is 10.1. The third-order valence-corrected chi connectivity index (χ3v) is 2.94. The van der Waals surface area contributed by atoms with Gasteiger partial charge in [0.05, 0.1) is 5.69 Å². The van der Waals surface area contributed by atoms with Crippen LogP contribution in [0.5, 0.6) is 0 Å². The Kier molecular flexibility index (Phi) is 3.04. The second-order valence-electron chi connectivity index (χ2n) is 4.09. The summed E-state index contributed by atoms with van der Waals surface area (Å²) in [6.45, 7) is 6.07. The van der Waals surface area contributed by atoms with Crippen LogP contribution < -0.4 is 5.32 Å². The first-order valence-corrected chi connectivity index (χ1v) is 5.58. The molecule has 0 saturated carbocycles. The molecule has 2 aromatic heterocycles. The van der Waals surface area contributed by atoms with Crippen LogP contribution in [-0.2, 0) is 0 Å². The van der Waals surface area contributed by atoms with Crippen molar-refractivity contribution < 1.29 is 0 Å². The van der Waals surface area contributed by atoms with Crippen molar-refractivity contribution >= 4 is 5.82 Å². The summed E-state index contributed by atoms with van der Waals surface area (Å²) in [5.41, 5.74) is 5.16. The lowest BCUT2D eigenvalue weighted by Gasteiger charge is -2.10. The van der Waals surface area contributed by atoms with Gasteiger partial charge in [-0.2, -0.15) is 0 Å². The van der Waals surface area contributed by atoms with E-state index in [0.717, 1.165) is 33.9 Å². The van der Waals surface area contributed by atoms with Gasteiger partial charge in [0.2, 0.25) is 0 Å². The van der Waals surface area contributed by atoms with E-state index in [2.05, 4.69) is 27.4 Å². The fraction of sp³-hybridized carbons (Fsp3) is 0.308. The van der Waals surface area contributed by atoms with Gasteiger partial charge in [0.25, 0.3) is 0 Å². The first kappa shape index (κ1) is 11.5. The number of pyridine rings is 1. The van der Waals surface area contributed by atoms with Crippen molar-refractivity contribution in [3.63, 3.8) is 0 Å². The van der Waals surface area contributed by atoms with Gasteiger partial charge < -0.3 is 5.32 Å². The Labute approximate surface area is 101 Å². The molecule has 2 aromatic rings. The Bertz CT molecular complexity index is 532. The minimum atomic E-state index is 0.825. The average molecular weight is 228 g/mol. The van der Waals surface area contributed by atoms with E-state index in [-0.39, 0.29) is 0 Å². The van der Waals surface area contributed by atoms with E-state index in [4.69, 9.17) is 0 Å². The van der Waals surface area contributed by atoms with Crippen LogP contribution in [0.2, 0.25) is 0 Å². The third kappa shape index (κ3) is 2.11. The van der Waals surface area contributed by atoms with Crippen LogP contribution >= 0.6 is 0 Å². The van der Waals surface area contributed by atoms with Gasteiger partial charge >= 0.3 is 0 Å². The van der Waals surface area contributed by atoms with E-state index in [1.807, 2.05) is 39.2 Å². The fourth-order valence-corrected chi connectivity index (χ4v) is 1.72. The normalized spacial score (nSPS) is 10.4. The monoisotopic (exact) mass is 228 g/mol. The van der Waals surface area contributed by atoms with Crippen LogP contribution in [0.3, 0.4) is 0 Å². The highest BCUT2D eigenvalue weighted by Gasteiger charge is 2.10. The first-order valence-electron chi connectivity index (χ1n) is 5.58. The van der Waals surface area contributed by atoms with Crippen molar-refractivity contribution in [1.82, 2.24) is 15.2 Å². The number of rotatable bonds is 2. The number of hydrogen-bond acceptors (Lipinski definition) is 4. The summed E-state index contributed by atoms with van der Waals surface area (Å²) in [6, 6.07) is 4.01. The Morgan fingerprint density at radius 3 is 2.35 bits per heavy atom. The summed E-state index contributed by atoms with van der Waals surface area (Å²) in [5, 5.41) is 11.5. The molecular weight excluding hydrogens is 212 g/mol. The van der Waals surface area contributed by atoms with E-state index < -0.39 is 0 Å². The highest BCUT2D eigenvalue weighted by molar-refractivity contribution is 5.65. The summed E-state index contributed by atoms with van der Waals surface area (Å²) in [4.78, 5) is 4.29. The average Bonchev–Trinajstić information content (AvgIpc) is 2.34. The quantitative estimate of drug-likeness (QED) is 0.858. The molecule has 0 bridgehead atoms. The zero-order valence-corrected chi connectivity index (χ0v) is 10.6. The minimum Gasteiger partial charge on any atom is -0.371 e. The van der Waals surface area contributed by atoms with Gasteiger partial charge in [-0.25, -0.2) is 0 Å². The summed E-state index contributed by atoms with van der Waals surface area (Å²) >= 11 is 0. The van der Waals surface area contributed by atoms with Crippen molar-refractivity contribution in [2.75, 3.05) is 12.4 Å². The van der Waals surface area contributed by atoms with Crippen LogP contribution in [0.1, 0.15) is 16.8 Å². The minimum absolute atomic E-state index is 0.825. The van der Waals surface area contributed by atoms with Crippen molar-refractivity contribution in [2.45, 2.75) is 20.8 Å². The molecule has 0 saturated heterocycles. The molecule has 17 heavy (non-hydrogen) atoms. The predicted molar refractivity (Wildman–Crippen MR) is 69.0 cm³/mol. The largest absolute Gasteiger partial charge is 0.371 e. The maximum atomic E-state index is 4.29. The second-order valence-corrected chi connectivity index (χ2v) is 4.09. The smallest absolute Gasteiger partial charge is 0.151 e. The molecule has 0 fully saturated rings. The number of aryl methyl sites for hydroxylation is 1. The van der Waals surface area contributed by atoms with Crippen LogP contribution in [0.25, 0.3) is 11.3 Å². The molecule has 2 heterocycles. The molecule has 0 radical (unpaired) electrons. The predicted octanol–water partition coefficient (Wildman–Crippen LogP) is 2.51. The van der Waals surface area contributed by atoms with E-state index in [1.54, 1.807) is 0 Å². The van der Waals surface area contributed by atoms with Gasteiger partial charge in [0.15, 0.2) is 5.82 Å². The number of hydrogen-bond donors (Lipinski definition) is 1. The van der Waals surface area contributed by atoms with Gasteiger partial charge in [0.1, 0.15) is 0 Å². The van der Waals surface area contributed by atoms with Crippen molar-refractivity contribution in [1.29, 1.82) is 0 Å². The number of aromatic nitrogens is 3. The molecule has 0 spiro atoms. The first-order chi connectivity index (χ1) is 8.13. The van der Waals surface area contributed by atoms with Crippen LogP contribution in [0, 0.1) is 20.8 Å². The maximum absolute atomic E-state index is 4.29. The summed E-state index contributed by atoms with van der Waals surface area (Å²) in [6.07, 6.45) is 1.84. The molecule has 4 nitrogen and oxygen atoms in total. The van der Waals surface area contributed by atoms with Crippen LogP contribution in [0.15, 0.2) is 18.3 Å². The van der Waals surface area contributed by atoms with E-state index in [0.29, 0.717) is 0 Å². The molecular formula is C13H16N4. The van der Waals surface area contributed by atoms with Crippen LogP contribution in [0.4, 0.5) is 5.82 Å². The van der Waals surface area contributed by atoms with Crippen molar-refractivity contribution in [2.24, 2.45) is 0 Å². The zero-order chi connectivity index (χ0) is 12.4. The molecule has 0 unspecified atom stereocenters. The highest BCUT2D eigenvalue weighted by Crippen LogP contribution is 2.25. The molecule has 0 atom stereocenters. The Morgan fingerprint density at radius 2 is 1.76 bits per heavy atom. The number of nitrogens with zero attached hydrogens (tertiary/aromatic N) is 3. The SMILES string of the molecule is CNc1nnc(-c2ccc(C)nc2)c(C)c1C. The van der Waals surface area contributed by atoms with E-state index >= 15 is 0 Å². The van der Waals surface area contributed by atoms with E-state index in [9.17, 15) is 0 Å². The number of anilines is 1. The Hall–Kier alpha value is -1.97. The van der Waals surface area contributed by atoms with Gasteiger partial charge in [0, 0.05) is 24.5 Å². The summed E-state index contributed by atoms with van der Waals surface area (Å²) in [7, 11) is 1.85. The Balaban J connectivity index is 2.53. The third-order valence-electron chi connectivity index (χ3n) is 2.94. The highest BCUT2D eigenvalue weighted by atomic mass is 15.2. The van der Waals surface area contributed by atoms with Crippen LogP contribution in [-0.4, -0.2) is 22.2 Å². The topological polar surface area (TPSA) is 50.7 Å². The zero-order valence-electron chi connectivity index (χ0n) is 10.6. The molecule has 0 aromatic carbocycles. The maximum Gasteiger partial charge on any atom is 0.151 e. The molecule has 4 heteroatoms. The molecule has 88 valence electrons. The lowest BCUT2D eigenvalue weighted by Crippen LogP contribution is -2.02. The van der Waals surface area contributed by atoms with E-state index in [1.165, 1.54) is 0 Å². The molecule has 0 amide bonds. The summed E-state index contributed by atoms with van der Waals surface area (Å²) in [5.74, 6) is 0.825. The van der Waals surface area contributed by atoms with Crippen molar-refractivity contribution in [3.05, 3.63) is 35.2 Å². The molecule has 0 aliphatic heterocycles. The molecule has 2 rings (SSSR count). The van der Waals surface area contributed by atoms with Gasteiger partial charge in [-0.3, -0.25) is 4.98 Å². The Morgan fingerprint density at radius 1 is 1.00 bits per heavy atom. The fourth-order valence-electron chi connectivity index (χ4n) is 1.72. The molecule has 1 N–H and O–H groups in total. The number of nitrogens with one attached hydrogen (secondary N) is 1. The standard InChI is InChI=1S/C13H16N4/c1-8-5-6-11(7-15-8)12-9(2)10(3)13(14-4)17-16-12/h5-7H,1-4H3,(H,14,17). The second kappa shape index (κ2) is 4.49. The molecule has 0 aliphatic carbocycles.